The van der Waals surface area contributed by atoms with Gasteiger partial charge >= 0.3 is 0 Å². The molecule has 1 aliphatic heterocycles. The van der Waals surface area contributed by atoms with Crippen molar-refractivity contribution in [2.75, 3.05) is 6.54 Å². The smallest absolute Gasteiger partial charge is 0.227 e. The molecule has 1 aromatic rings. The normalized spacial score (nSPS) is 19.6. The summed E-state index contributed by atoms with van der Waals surface area (Å²) in [6, 6.07) is 5.86. The minimum Gasteiger partial charge on any atom is -0.409 e. The fourth-order valence-corrected chi connectivity index (χ4v) is 2.86. The SMILES string of the molecule is Cc1ccc(C)c(CC(=O)N2CCCCC2C(N)=NO)c1. The van der Waals surface area contributed by atoms with Crippen LogP contribution in [0.1, 0.15) is 36.0 Å². The molecule has 1 unspecified atom stereocenters. The summed E-state index contributed by atoms with van der Waals surface area (Å²) in [4.78, 5) is 14.3. The number of carbonyl (C=O) groups is 1. The van der Waals surface area contributed by atoms with E-state index < -0.39 is 0 Å². The number of likely N-dealkylation sites (tertiary alicyclic amines) is 1. The molecule has 1 atom stereocenters. The highest BCUT2D eigenvalue weighted by atomic mass is 16.4. The summed E-state index contributed by atoms with van der Waals surface area (Å²) in [7, 11) is 0. The Bertz CT molecular complexity index is 554. The number of amides is 1. The number of piperidine rings is 1. The highest BCUT2D eigenvalue weighted by Crippen LogP contribution is 2.20. The van der Waals surface area contributed by atoms with Gasteiger partial charge < -0.3 is 15.8 Å². The van der Waals surface area contributed by atoms with Gasteiger partial charge in [-0.25, -0.2) is 0 Å². The molecule has 114 valence electrons. The van der Waals surface area contributed by atoms with E-state index in [1.807, 2.05) is 26.0 Å². The molecule has 1 amide bonds. The van der Waals surface area contributed by atoms with Gasteiger partial charge in [-0.2, -0.15) is 0 Å². The molecule has 2 rings (SSSR count). The summed E-state index contributed by atoms with van der Waals surface area (Å²) in [6.45, 7) is 4.71. The van der Waals surface area contributed by atoms with E-state index in [2.05, 4.69) is 11.2 Å². The van der Waals surface area contributed by atoms with Crippen LogP contribution in [0.2, 0.25) is 0 Å². The van der Waals surface area contributed by atoms with Crippen molar-refractivity contribution < 1.29 is 10.0 Å². The minimum atomic E-state index is -0.277. The number of benzene rings is 1. The molecule has 1 saturated heterocycles. The second-order valence-electron chi connectivity index (χ2n) is 5.73. The summed E-state index contributed by atoms with van der Waals surface area (Å²) in [6.07, 6.45) is 3.08. The van der Waals surface area contributed by atoms with Crippen LogP contribution in [0.4, 0.5) is 0 Å². The van der Waals surface area contributed by atoms with Crippen molar-refractivity contribution in [1.29, 1.82) is 0 Å². The molecule has 0 bridgehead atoms. The topological polar surface area (TPSA) is 78.9 Å². The lowest BCUT2D eigenvalue weighted by atomic mass is 9.98. The van der Waals surface area contributed by atoms with Crippen molar-refractivity contribution >= 4 is 11.7 Å². The van der Waals surface area contributed by atoms with E-state index in [1.165, 1.54) is 0 Å². The van der Waals surface area contributed by atoms with Crippen LogP contribution in [0.15, 0.2) is 23.4 Å². The van der Waals surface area contributed by atoms with Gasteiger partial charge in [0.2, 0.25) is 5.91 Å². The predicted octanol–water partition coefficient (Wildman–Crippen LogP) is 1.97. The Labute approximate surface area is 125 Å². The van der Waals surface area contributed by atoms with Gasteiger partial charge in [0.1, 0.15) is 0 Å². The van der Waals surface area contributed by atoms with E-state index in [1.54, 1.807) is 4.90 Å². The average Bonchev–Trinajstić information content (AvgIpc) is 2.50. The number of carbonyl (C=O) groups excluding carboxylic acids is 1. The number of nitrogens with zero attached hydrogens (tertiary/aromatic N) is 2. The van der Waals surface area contributed by atoms with Gasteiger partial charge in [0.25, 0.3) is 0 Å². The third-order valence-electron chi connectivity index (χ3n) is 4.13. The van der Waals surface area contributed by atoms with Crippen LogP contribution in [-0.4, -0.2) is 34.4 Å². The van der Waals surface area contributed by atoms with Crippen molar-refractivity contribution in [2.45, 2.75) is 45.6 Å². The Balaban J connectivity index is 2.16. The number of amidine groups is 1. The standard InChI is InChI=1S/C16H23N3O2/c1-11-6-7-12(2)13(9-11)10-15(20)19-8-4-3-5-14(19)16(17)18-21/h6-7,9,14,21H,3-5,8,10H2,1-2H3,(H2,17,18). The first-order valence-corrected chi connectivity index (χ1v) is 7.36. The third kappa shape index (κ3) is 3.54. The van der Waals surface area contributed by atoms with E-state index in [9.17, 15) is 4.79 Å². The number of hydrogen-bond donors (Lipinski definition) is 2. The number of oxime groups is 1. The minimum absolute atomic E-state index is 0.0417. The van der Waals surface area contributed by atoms with Crippen LogP contribution in [0.25, 0.3) is 0 Å². The van der Waals surface area contributed by atoms with Gasteiger partial charge in [-0.3, -0.25) is 4.79 Å². The van der Waals surface area contributed by atoms with Crippen LogP contribution in [0, 0.1) is 13.8 Å². The van der Waals surface area contributed by atoms with Crippen LogP contribution >= 0.6 is 0 Å². The first-order chi connectivity index (χ1) is 10.0. The zero-order chi connectivity index (χ0) is 15.4. The second kappa shape index (κ2) is 6.61. The maximum Gasteiger partial charge on any atom is 0.227 e. The zero-order valence-electron chi connectivity index (χ0n) is 12.7. The Kier molecular flexibility index (Phi) is 4.83. The first-order valence-electron chi connectivity index (χ1n) is 7.36. The van der Waals surface area contributed by atoms with Crippen molar-refractivity contribution in [1.82, 2.24) is 4.90 Å². The van der Waals surface area contributed by atoms with Gasteiger partial charge in [-0.05, 0) is 44.2 Å². The monoisotopic (exact) mass is 289 g/mol. The Hall–Kier alpha value is -2.04. The number of nitrogens with two attached hydrogens (primary N) is 1. The molecule has 0 aromatic heterocycles. The van der Waals surface area contributed by atoms with Gasteiger partial charge in [-0.15, -0.1) is 0 Å². The molecular formula is C16H23N3O2. The highest BCUT2D eigenvalue weighted by Gasteiger charge is 2.29. The van der Waals surface area contributed by atoms with Gasteiger partial charge in [0, 0.05) is 6.54 Å². The molecule has 21 heavy (non-hydrogen) atoms. The second-order valence-corrected chi connectivity index (χ2v) is 5.73. The summed E-state index contributed by atoms with van der Waals surface area (Å²) in [5, 5.41) is 12.0. The lowest BCUT2D eigenvalue weighted by Gasteiger charge is -2.35. The van der Waals surface area contributed by atoms with E-state index in [-0.39, 0.29) is 17.8 Å². The summed E-state index contributed by atoms with van der Waals surface area (Å²) in [5.41, 5.74) is 9.04. The molecule has 1 fully saturated rings. The van der Waals surface area contributed by atoms with Crippen LogP contribution in [0.5, 0.6) is 0 Å². The molecule has 3 N–H and O–H groups in total. The summed E-state index contributed by atoms with van der Waals surface area (Å²) >= 11 is 0. The van der Waals surface area contributed by atoms with Gasteiger partial charge in [-0.1, -0.05) is 28.9 Å². The average molecular weight is 289 g/mol. The van der Waals surface area contributed by atoms with Crippen LogP contribution in [-0.2, 0) is 11.2 Å². The fourth-order valence-electron chi connectivity index (χ4n) is 2.86. The number of hydrogen-bond acceptors (Lipinski definition) is 3. The molecule has 1 heterocycles. The van der Waals surface area contributed by atoms with Crippen molar-refractivity contribution in [3.8, 4) is 0 Å². The lowest BCUT2D eigenvalue weighted by molar-refractivity contribution is -0.132. The lowest BCUT2D eigenvalue weighted by Crippen LogP contribution is -2.51. The molecule has 0 radical (unpaired) electrons. The molecule has 5 nitrogen and oxygen atoms in total. The first kappa shape index (κ1) is 15.4. The third-order valence-corrected chi connectivity index (χ3v) is 4.13. The number of rotatable bonds is 3. The van der Waals surface area contributed by atoms with Crippen LogP contribution < -0.4 is 5.73 Å². The quantitative estimate of drug-likeness (QED) is 0.386. The summed E-state index contributed by atoms with van der Waals surface area (Å²) < 4.78 is 0. The zero-order valence-corrected chi connectivity index (χ0v) is 12.7. The maximum atomic E-state index is 12.6. The molecule has 0 saturated carbocycles. The largest absolute Gasteiger partial charge is 0.409 e. The molecule has 0 aliphatic carbocycles. The molecular weight excluding hydrogens is 266 g/mol. The van der Waals surface area contributed by atoms with E-state index in [0.717, 1.165) is 36.0 Å². The Morgan fingerprint density at radius 1 is 1.43 bits per heavy atom. The molecule has 1 aromatic carbocycles. The van der Waals surface area contributed by atoms with E-state index >= 15 is 0 Å². The van der Waals surface area contributed by atoms with Gasteiger partial charge in [0.15, 0.2) is 5.84 Å². The van der Waals surface area contributed by atoms with Crippen molar-refractivity contribution in [3.05, 3.63) is 34.9 Å². The predicted molar refractivity (Wildman–Crippen MR) is 82.4 cm³/mol. The number of aryl methyl sites for hydroxylation is 2. The highest BCUT2D eigenvalue weighted by molar-refractivity contribution is 5.90. The van der Waals surface area contributed by atoms with Gasteiger partial charge in [0.05, 0.1) is 12.5 Å². The van der Waals surface area contributed by atoms with E-state index in [0.29, 0.717) is 13.0 Å². The summed E-state index contributed by atoms with van der Waals surface area (Å²) in [5.74, 6) is 0.170. The molecule has 0 spiro atoms. The Morgan fingerprint density at radius 3 is 2.90 bits per heavy atom. The van der Waals surface area contributed by atoms with Crippen molar-refractivity contribution in [3.63, 3.8) is 0 Å². The van der Waals surface area contributed by atoms with Crippen LogP contribution in [0.3, 0.4) is 0 Å². The molecule has 1 aliphatic rings. The molecule has 5 heteroatoms. The fraction of sp³-hybridized carbons (Fsp3) is 0.500. The van der Waals surface area contributed by atoms with E-state index in [4.69, 9.17) is 10.9 Å². The Morgan fingerprint density at radius 2 is 2.19 bits per heavy atom. The maximum absolute atomic E-state index is 12.6. The van der Waals surface area contributed by atoms with Crippen molar-refractivity contribution in [2.24, 2.45) is 10.9 Å².